The zero-order chi connectivity index (χ0) is 10.0. The molecule has 3 nitrogen and oxygen atoms in total. The van der Waals surface area contributed by atoms with Crippen LogP contribution in [0.3, 0.4) is 0 Å². The van der Waals surface area contributed by atoms with Gasteiger partial charge >= 0.3 is 0 Å². The third kappa shape index (κ3) is 2.28. The summed E-state index contributed by atoms with van der Waals surface area (Å²) in [4.78, 5) is 14.9. The zero-order valence-corrected chi connectivity index (χ0v) is 8.09. The number of hydrogen-bond acceptors (Lipinski definition) is 2. The van der Waals surface area contributed by atoms with Crippen molar-refractivity contribution in [1.82, 2.24) is 9.80 Å². The van der Waals surface area contributed by atoms with Crippen LogP contribution in [0.15, 0.2) is 12.4 Å². The maximum absolute atomic E-state index is 12.6. The predicted molar refractivity (Wildman–Crippen MR) is 48.9 cm³/mol. The highest BCUT2D eigenvalue weighted by molar-refractivity contribution is 5.90. The molecule has 0 bridgehead atoms. The molecule has 0 aromatic heterocycles. The summed E-state index contributed by atoms with van der Waals surface area (Å²) in [5.74, 6) is -1.43. The zero-order valence-electron chi connectivity index (χ0n) is 8.09. The fourth-order valence-electron chi connectivity index (χ4n) is 1.60. The first-order valence-electron chi connectivity index (χ1n) is 4.36. The Balaban J connectivity index is 2.61. The molecule has 0 radical (unpaired) electrons. The van der Waals surface area contributed by atoms with Gasteiger partial charge in [-0.05, 0) is 14.0 Å². The van der Waals surface area contributed by atoms with Crippen LogP contribution in [0.2, 0.25) is 0 Å². The highest BCUT2D eigenvalue weighted by Gasteiger charge is 2.26. The van der Waals surface area contributed by atoms with Crippen LogP contribution in [0.25, 0.3) is 0 Å². The van der Waals surface area contributed by atoms with Crippen LogP contribution in [-0.4, -0.2) is 48.4 Å². The number of rotatable bonds is 1. The second kappa shape index (κ2) is 3.87. The van der Waals surface area contributed by atoms with Gasteiger partial charge in [-0.3, -0.25) is 4.79 Å². The molecule has 0 aromatic carbocycles. The van der Waals surface area contributed by atoms with E-state index in [0.29, 0.717) is 6.54 Å². The highest BCUT2D eigenvalue weighted by atomic mass is 19.1. The smallest absolute Gasteiger partial charge is 0.282 e. The van der Waals surface area contributed by atoms with Gasteiger partial charge in [0.05, 0.1) is 0 Å². The average molecular weight is 186 g/mol. The number of amides is 1. The van der Waals surface area contributed by atoms with Gasteiger partial charge in [-0.25, -0.2) is 4.39 Å². The van der Waals surface area contributed by atoms with Gasteiger partial charge in [0.2, 0.25) is 0 Å². The van der Waals surface area contributed by atoms with Crippen molar-refractivity contribution in [1.29, 1.82) is 0 Å². The molecule has 0 aliphatic carbocycles. The van der Waals surface area contributed by atoms with Gasteiger partial charge < -0.3 is 9.80 Å². The molecule has 1 fully saturated rings. The molecule has 1 heterocycles. The van der Waals surface area contributed by atoms with Gasteiger partial charge in [0.1, 0.15) is 0 Å². The van der Waals surface area contributed by atoms with Crippen molar-refractivity contribution in [2.24, 2.45) is 0 Å². The fraction of sp³-hybridized carbons (Fsp3) is 0.667. The van der Waals surface area contributed by atoms with Crippen molar-refractivity contribution in [3.8, 4) is 0 Å². The van der Waals surface area contributed by atoms with Gasteiger partial charge in [0, 0.05) is 25.7 Å². The van der Waals surface area contributed by atoms with Crippen molar-refractivity contribution in [2.45, 2.75) is 13.0 Å². The number of nitrogens with zero attached hydrogens (tertiary/aromatic N) is 2. The van der Waals surface area contributed by atoms with E-state index in [0.717, 1.165) is 13.1 Å². The number of halogens is 1. The topological polar surface area (TPSA) is 23.6 Å². The van der Waals surface area contributed by atoms with Crippen molar-refractivity contribution in [3.05, 3.63) is 12.4 Å². The van der Waals surface area contributed by atoms with Crippen molar-refractivity contribution in [3.63, 3.8) is 0 Å². The van der Waals surface area contributed by atoms with Gasteiger partial charge in [0.15, 0.2) is 5.83 Å². The van der Waals surface area contributed by atoms with E-state index in [4.69, 9.17) is 0 Å². The summed E-state index contributed by atoms with van der Waals surface area (Å²) in [5, 5.41) is 0. The molecular weight excluding hydrogens is 171 g/mol. The molecule has 1 rings (SSSR count). The summed E-state index contributed by atoms with van der Waals surface area (Å²) in [5.41, 5.74) is 0. The minimum Gasteiger partial charge on any atom is -0.331 e. The summed E-state index contributed by atoms with van der Waals surface area (Å²) < 4.78 is 12.6. The van der Waals surface area contributed by atoms with Gasteiger partial charge in [-0.15, -0.1) is 0 Å². The third-order valence-corrected chi connectivity index (χ3v) is 2.32. The van der Waals surface area contributed by atoms with Crippen molar-refractivity contribution >= 4 is 5.91 Å². The summed E-state index contributed by atoms with van der Waals surface area (Å²) in [6.07, 6.45) is 0. The Labute approximate surface area is 77.8 Å². The second-order valence-electron chi connectivity index (χ2n) is 3.51. The van der Waals surface area contributed by atoms with Gasteiger partial charge in [-0.1, -0.05) is 6.58 Å². The van der Waals surface area contributed by atoms with Crippen LogP contribution < -0.4 is 0 Å². The number of hydrogen-bond donors (Lipinski definition) is 0. The quantitative estimate of drug-likeness (QED) is 0.561. The van der Waals surface area contributed by atoms with E-state index in [2.05, 4.69) is 11.5 Å². The van der Waals surface area contributed by atoms with Crippen LogP contribution in [0.5, 0.6) is 0 Å². The molecule has 1 aliphatic heterocycles. The maximum Gasteiger partial charge on any atom is 0.282 e. The molecule has 74 valence electrons. The molecule has 0 saturated carbocycles. The Bertz CT molecular complexity index is 230. The lowest BCUT2D eigenvalue weighted by Gasteiger charge is -2.37. The number of carbonyl (C=O) groups is 1. The first kappa shape index (κ1) is 10.2. The molecule has 0 spiro atoms. The summed E-state index contributed by atoms with van der Waals surface area (Å²) in [6.45, 7) is 7.09. The Morgan fingerprint density at radius 2 is 2.15 bits per heavy atom. The first-order chi connectivity index (χ1) is 6.02. The minimum atomic E-state index is -0.864. The van der Waals surface area contributed by atoms with Crippen LogP contribution in [0, 0.1) is 0 Å². The monoisotopic (exact) mass is 186 g/mol. The fourth-order valence-corrected chi connectivity index (χ4v) is 1.60. The summed E-state index contributed by atoms with van der Waals surface area (Å²) in [6, 6.07) is 0.0683. The Hall–Kier alpha value is -0.900. The normalized spacial score (nSPS) is 24.5. The van der Waals surface area contributed by atoms with E-state index in [9.17, 15) is 9.18 Å². The van der Waals surface area contributed by atoms with E-state index in [1.807, 2.05) is 14.0 Å². The van der Waals surface area contributed by atoms with Crippen LogP contribution in [0.4, 0.5) is 4.39 Å². The van der Waals surface area contributed by atoms with Crippen LogP contribution >= 0.6 is 0 Å². The Morgan fingerprint density at radius 1 is 1.54 bits per heavy atom. The summed E-state index contributed by atoms with van der Waals surface area (Å²) >= 11 is 0. The second-order valence-corrected chi connectivity index (χ2v) is 3.51. The molecule has 0 aromatic rings. The number of piperazine rings is 1. The molecular formula is C9H15FN2O. The maximum atomic E-state index is 12.6. The van der Waals surface area contributed by atoms with E-state index >= 15 is 0 Å². The van der Waals surface area contributed by atoms with E-state index in [1.165, 1.54) is 4.90 Å². The Morgan fingerprint density at radius 3 is 2.62 bits per heavy atom. The largest absolute Gasteiger partial charge is 0.331 e. The standard InChI is InChI=1S/C9H15FN2O/c1-7-6-11(3)4-5-12(7)9(13)8(2)10/h7H,2,4-6H2,1,3H3. The average Bonchev–Trinajstić information content (AvgIpc) is 2.03. The molecule has 0 N–H and O–H groups in total. The lowest BCUT2D eigenvalue weighted by molar-refractivity contribution is -0.132. The van der Waals surface area contributed by atoms with Crippen molar-refractivity contribution in [2.75, 3.05) is 26.7 Å². The minimum absolute atomic E-state index is 0.0683. The molecule has 1 amide bonds. The first-order valence-corrected chi connectivity index (χ1v) is 4.36. The van der Waals surface area contributed by atoms with E-state index < -0.39 is 11.7 Å². The van der Waals surface area contributed by atoms with E-state index in [1.54, 1.807) is 0 Å². The molecule has 1 saturated heterocycles. The van der Waals surface area contributed by atoms with Crippen LogP contribution in [0.1, 0.15) is 6.92 Å². The molecule has 4 heteroatoms. The van der Waals surface area contributed by atoms with Gasteiger partial charge in [-0.2, -0.15) is 0 Å². The van der Waals surface area contributed by atoms with E-state index in [-0.39, 0.29) is 6.04 Å². The molecule has 1 unspecified atom stereocenters. The van der Waals surface area contributed by atoms with Crippen molar-refractivity contribution < 1.29 is 9.18 Å². The predicted octanol–water partition coefficient (Wildman–Crippen LogP) is 0.632. The number of carbonyl (C=O) groups excluding carboxylic acids is 1. The Kier molecular flexibility index (Phi) is 3.03. The molecule has 13 heavy (non-hydrogen) atoms. The molecule has 1 aliphatic rings. The van der Waals surface area contributed by atoms with Gasteiger partial charge in [0.25, 0.3) is 5.91 Å². The third-order valence-electron chi connectivity index (χ3n) is 2.32. The lowest BCUT2D eigenvalue weighted by Crippen LogP contribution is -2.52. The number of likely N-dealkylation sites (N-methyl/N-ethyl adjacent to an activating group) is 1. The highest BCUT2D eigenvalue weighted by Crippen LogP contribution is 2.11. The van der Waals surface area contributed by atoms with Crippen LogP contribution in [-0.2, 0) is 4.79 Å². The molecule has 1 atom stereocenters. The summed E-state index contributed by atoms with van der Waals surface area (Å²) in [7, 11) is 1.99. The SMILES string of the molecule is C=C(F)C(=O)N1CCN(C)CC1C. The lowest BCUT2D eigenvalue weighted by atomic mass is 10.2.